The van der Waals surface area contributed by atoms with Crippen molar-refractivity contribution in [3.63, 3.8) is 0 Å². The fourth-order valence-corrected chi connectivity index (χ4v) is 0. The summed E-state index contributed by atoms with van der Waals surface area (Å²) in [5.41, 5.74) is 0. The highest BCUT2D eigenvalue weighted by atomic mass is 32.0. The normalized spacial score (nSPS) is 13.2. The van der Waals surface area contributed by atoms with Gasteiger partial charge in [-0.15, -0.1) is 9.12 Å². The Morgan fingerprint density at radius 1 is 2.20 bits per heavy atom. The second kappa shape index (κ2) is 3.22. The molecule has 5 heteroatoms. The third-order valence-corrected chi connectivity index (χ3v) is 2.87. The fourth-order valence-electron chi connectivity index (χ4n) is 0. The van der Waals surface area contributed by atoms with E-state index in [0.29, 0.717) is 0 Å². The van der Waals surface area contributed by atoms with E-state index in [9.17, 15) is 4.57 Å². The summed E-state index contributed by atoms with van der Waals surface area (Å²) < 4.78 is 16.7. The predicted molar refractivity (Wildman–Crippen MR) is 34.2 cm³/mol. The monoisotopic (exact) mass is 126 g/mol. The van der Waals surface area contributed by atoms with Gasteiger partial charge in [0, 0.05) is 0 Å². The van der Waals surface area contributed by atoms with E-state index >= 15 is 0 Å². The standard InChI is InChI=1S/BH5OP3/c2-5(4)1-3/h1H,3-4H2/q+1/i1D. The molecule has 0 aliphatic carbocycles. The van der Waals surface area contributed by atoms with Crippen LogP contribution in [-0.4, -0.2) is 8.02 Å². The van der Waals surface area contributed by atoms with Crippen molar-refractivity contribution in [2.24, 2.45) is 0 Å². The molecule has 0 aromatic heterocycles. The first kappa shape index (κ1) is 4.19. The number of rotatable bonds is 1. The van der Waals surface area contributed by atoms with Gasteiger partial charge in [-0.25, -0.2) is 0 Å². The summed E-state index contributed by atoms with van der Waals surface area (Å²) in [7, 11) is 2.85. The largest absolute Gasteiger partial charge is 0.459 e. The Morgan fingerprint density at radius 3 is 2.40 bits per heavy atom. The molecule has 0 saturated carbocycles. The van der Waals surface area contributed by atoms with Gasteiger partial charge in [-0.1, -0.05) is 4.57 Å². The van der Waals surface area contributed by atoms with Crippen LogP contribution in [0.4, 0.5) is 0 Å². The minimum absolute atomic E-state index is 0.509. The highest BCUT2D eigenvalue weighted by molar-refractivity contribution is 8.28. The molecular formula is H5BOP3+. The van der Waals surface area contributed by atoms with Crippen LogP contribution in [0.15, 0.2) is 0 Å². The van der Waals surface area contributed by atoms with Gasteiger partial charge >= 0.3 is 6.68 Å². The van der Waals surface area contributed by atoms with E-state index in [1.54, 1.807) is 0 Å². The Bertz CT molecular complexity index is 61.8. The number of hydrogen-bond acceptors (Lipinski definition) is 1. The maximum atomic E-state index is 10.0. The van der Waals surface area contributed by atoms with E-state index < -0.39 is 14.1 Å². The molecule has 0 fully saturated rings. The summed E-state index contributed by atoms with van der Waals surface area (Å²) in [6.45, 7) is -0.509. The van der Waals surface area contributed by atoms with Crippen LogP contribution in [0.1, 0.15) is 0 Å². The molecule has 3 atom stereocenters. The van der Waals surface area contributed by atoms with Crippen molar-refractivity contribution >= 4 is 32.1 Å². The van der Waals surface area contributed by atoms with Crippen LogP contribution in [-0.2, 0) is 4.57 Å². The second-order valence-corrected chi connectivity index (χ2v) is 3.95. The summed E-state index contributed by atoms with van der Waals surface area (Å²) in [5, 5.41) is 0. The molecule has 3 unspecified atom stereocenters. The van der Waals surface area contributed by atoms with E-state index in [1.165, 1.54) is 0 Å². The molecule has 5 heavy (non-hydrogen) atoms. The summed E-state index contributed by atoms with van der Waals surface area (Å²) in [5.74, 6) is 0. The Kier molecular flexibility index (Phi) is 2.70. The van der Waals surface area contributed by atoms with Gasteiger partial charge in [0.15, 0.2) is 0 Å². The first-order valence-corrected chi connectivity index (χ1v) is 4.65. The summed E-state index contributed by atoms with van der Waals surface area (Å²) in [4.78, 5) is 0. The lowest BCUT2D eigenvalue weighted by molar-refractivity contribution is 0.603. The third kappa shape index (κ3) is 5.02. The van der Waals surface area contributed by atoms with Gasteiger partial charge in [0.1, 0.15) is 8.93 Å². The van der Waals surface area contributed by atoms with E-state index in [4.69, 9.17) is 1.34 Å². The highest BCUT2D eigenvalue weighted by Gasteiger charge is 1.99. The van der Waals surface area contributed by atoms with Crippen LogP contribution in [0.5, 0.6) is 0 Å². The van der Waals surface area contributed by atoms with Crippen molar-refractivity contribution in [3.05, 3.63) is 0 Å². The minimum atomic E-state index is -1.36. The van der Waals surface area contributed by atoms with E-state index in [-0.39, 0.29) is 0 Å². The Hall–Kier alpha value is 1.02. The van der Waals surface area contributed by atoms with Crippen LogP contribution < -0.4 is 0 Å². The van der Waals surface area contributed by atoms with E-state index in [0.717, 1.165) is 0 Å². The maximum Gasteiger partial charge on any atom is 0.459 e. The summed E-state index contributed by atoms with van der Waals surface area (Å²) >= 11 is 0. The molecule has 0 aromatic rings. The third-order valence-electron chi connectivity index (χ3n) is 0.147. The van der Waals surface area contributed by atoms with Crippen molar-refractivity contribution in [2.45, 2.75) is 0 Å². The Morgan fingerprint density at radius 2 is 2.40 bits per heavy atom. The predicted octanol–water partition coefficient (Wildman–Crippen LogP) is 0.745. The lowest BCUT2D eigenvalue weighted by Gasteiger charge is -1.50. The molecule has 1 nitrogen and oxygen atoms in total. The van der Waals surface area contributed by atoms with Gasteiger partial charge in [-0.3, -0.25) is 0 Å². The first-order chi connectivity index (χ1) is 2.64. The Labute approximate surface area is 38.9 Å². The van der Waals surface area contributed by atoms with Crippen molar-refractivity contribution < 1.29 is 4.57 Å². The fraction of sp³-hybridized carbons (Fsp3) is 0. The topological polar surface area (TPSA) is 17.1 Å². The van der Waals surface area contributed by atoms with Crippen LogP contribution in [0, 0.1) is 0 Å². The smallest absolute Gasteiger partial charge is 0.115 e. The lowest BCUT2D eigenvalue weighted by atomic mass is 10.7. The molecule has 0 aliphatic heterocycles. The van der Waals surface area contributed by atoms with Crippen LogP contribution >= 0.6 is 25.4 Å². The van der Waals surface area contributed by atoms with Crippen molar-refractivity contribution in [2.75, 3.05) is 0 Å². The quantitative estimate of drug-likeness (QED) is 0.374. The van der Waals surface area contributed by atoms with Gasteiger partial charge in [-0.2, -0.15) is 0 Å². The molecule has 0 bridgehead atoms. The van der Waals surface area contributed by atoms with Gasteiger partial charge in [0.25, 0.3) is 7.37 Å². The average Bonchev–Trinajstić information content (AvgIpc) is 1.36. The highest BCUT2D eigenvalue weighted by Crippen LogP contribution is 2.28. The Balaban J connectivity index is 3.26. The molecule has 28 valence electrons. The van der Waals surface area contributed by atoms with Crippen molar-refractivity contribution in [3.8, 4) is 0 Å². The molecule has 0 rings (SSSR count). The SMILES string of the molecule is [2H]B(P)[P+](=O)P. The summed E-state index contributed by atoms with van der Waals surface area (Å²) in [6.07, 6.45) is 0. The van der Waals surface area contributed by atoms with Gasteiger partial charge in [-0.05, 0) is 0 Å². The zero-order valence-corrected chi connectivity index (χ0v) is 5.79. The van der Waals surface area contributed by atoms with Crippen molar-refractivity contribution in [1.29, 1.82) is 1.34 Å². The molecule has 0 spiro atoms. The molecule has 0 saturated heterocycles. The molecule has 0 radical (unpaired) electrons. The van der Waals surface area contributed by atoms with Crippen LogP contribution in [0.25, 0.3) is 0 Å². The number of hydrogen-bond donors (Lipinski definition) is 0. The van der Waals surface area contributed by atoms with Gasteiger partial charge in [0.2, 0.25) is 0 Å². The van der Waals surface area contributed by atoms with E-state index in [2.05, 4.69) is 18.0 Å². The molecular weight excluding hydrogens is 120 g/mol. The average molecular weight is 126 g/mol. The molecule has 0 N–H and O–H groups in total. The molecule has 0 aromatic carbocycles. The van der Waals surface area contributed by atoms with Crippen LogP contribution in [0.3, 0.4) is 0 Å². The molecule has 0 aliphatic rings. The summed E-state index contributed by atoms with van der Waals surface area (Å²) in [6, 6.07) is 0. The zero-order valence-electron chi connectivity index (χ0n) is 3.59. The maximum absolute atomic E-state index is 10.0. The molecule has 0 amide bonds. The first-order valence-electron chi connectivity index (χ1n) is 1.61. The van der Waals surface area contributed by atoms with Gasteiger partial charge < -0.3 is 0 Å². The van der Waals surface area contributed by atoms with Gasteiger partial charge in [0.05, 0.1) is 1.34 Å². The molecule has 0 heterocycles. The minimum Gasteiger partial charge on any atom is -0.115 e. The van der Waals surface area contributed by atoms with E-state index in [1.807, 2.05) is 0 Å². The lowest BCUT2D eigenvalue weighted by Crippen LogP contribution is -1.46. The van der Waals surface area contributed by atoms with Crippen molar-refractivity contribution in [1.82, 2.24) is 0 Å². The zero-order chi connectivity index (χ0) is 5.15. The van der Waals surface area contributed by atoms with Crippen LogP contribution in [0.2, 0.25) is 0 Å². The second-order valence-electron chi connectivity index (χ2n) is 0.509.